The van der Waals surface area contributed by atoms with Crippen molar-refractivity contribution in [3.8, 4) is 5.75 Å². The van der Waals surface area contributed by atoms with Gasteiger partial charge in [-0.25, -0.2) is 4.79 Å². The third-order valence-electron chi connectivity index (χ3n) is 2.25. The lowest BCUT2D eigenvalue weighted by Gasteiger charge is -1.98. The van der Waals surface area contributed by atoms with E-state index >= 15 is 0 Å². The van der Waals surface area contributed by atoms with Crippen molar-refractivity contribution in [1.82, 2.24) is 0 Å². The molecule has 16 heavy (non-hydrogen) atoms. The van der Waals surface area contributed by atoms with Crippen LogP contribution in [0.15, 0.2) is 6.07 Å². The van der Waals surface area contributed by atoms with Crippen LogP contribution in [-0.2, 0) is 11.2 Å². The van der Waals surface area contributed by atoms with Crippen molar-refractivity contribution >= 4 is 17.3 Å². The first-order chi connectivity index (χ1) is 7.69. The zero-order valence-corrected chi connectivity index (χ0v) is 10.6. The molecule has 1 heterocycles. The average Bonchev–Trinajstić information content (AvgIpc) is 2.61. The molecular weight excluding hydrogens is 224 g/mol. The van der Waals surface area contributed by atoms with Gasteiger partial charge in [0.15, 0.2) is 4.88 Å². The Bertz CT molecular complexity index is 344. The van der Waals surface area contributed by atoms with Gasteiger partial charge >= 0.3 is 5.97 Å². The predicted molar refractivity (Wildman–Crippen MR) is 65.2 cm³/mol. The molecule has 0 fully saturated rings. The van der Waals surface area contributed by atoms with Crippen LogP contribution in [0.2, 0.25) is 0 Å². The summed E-state index contributed by atoms with van der Waals surface area (Å²) in [4.78, 5) is 12.8. The van der Waals surface area contributed by atoms with Crippen LogP contribution in [0, 0.1) is 0 Å². The van der Waals surface area contributed by atoms with Gasteiger partial charge in [0.25, 0.3) is 0 Å². The van der Waals surface area contributed by atoms with Gasteiger partial charge in [0.2, 0.25) is 0 Å². The number of aromatic hydroxyl groups is 1. The molecular formula is C12H18O3S. The Labute approximate surface area is 100 Å². The van der Waals surface area contributed by atoms with Gasteiger partial charge in [-0.15, -0.1) is 11.3 Å². The largest absolute Gasteiger partial charge is 0.506 e. The molecule has 0 atom stereocenters. The van der Waals surface area contributed by atoms with Crippen molar-refractivity contribution in [3.05, 3.63) is 15.8 Å². The molecule has 1 N–H and O–H groups in total. The minimum atomic E-state index is -0.424. The van der Waals surface area contributed by atoms with Crippen LogP contribution in [0.1, 0.15) is 47.7 Å². The quantitative estimate of drug-likeness (QED) is 0.614. The summed E-state index contributed by atoms with van der Waals surface area (Å²) in [5.74, 6) is -0.373. The second-order valence-corrected chi connectivity index (χ2v) is 4.74. The Morgan fingerprint density at radius 1 is 1.44 bits per heavy atom. The second kappa shape index (κ2) is 6.53. The molecule has 1 aromatic heterocycles. The third-order valence-corrected chi connectivity index (χ3v) is 3.42. The molecule has 0 aliphatic rings. The fraction of sp³-hybridized carbons (Fsp3) is 0.583. The number of thiophene rings is 1. The van der Waals surface area contributed by atoms with E-state index in [9.17, 15) is 9.90 Å². The van der Waals surface area contributed by atoms with Gasteiger partial charge in [0, 0.05) is 4.88 Å². The van der Waals surface area contributed by atoms with E-state index in [1.165, 1.54) is 24.2 Å². The lowest BCUT2D eigenvalue weighted by molar-refractivity contribution is 0.0529. The zero-order valence-electron chi connectivity index (χ0n) is 9.78. The number of carbonyl (C=O) groups is 1. The van der Waals surface area contributed by atoms with Crippen LogP contribution in [0.4, 0.5) is 0 Å². The summed E-state index contributed by atoms with van der Waals surface area (Å²) in [7, 11) is 0. The molecule has 1 aromatic rings. The van der Waals surface area contributed by atoms with E-state index in [4.69, 9.17) is 4.74 Å². The number of hydrogen-bond donors (Lipinski definition) is 1. The van der Waals surface area contributed by atoms with Gasteiger partial charge in [-0.3, -0.25) is 0 Å². The molecule has 4 heteroatoms. The molecule has 90 valence electrons. The normalized spacial score (nSPS) is 10.4. The first kappa shape index (κ1) is 13.0. The first-order valence-electron chi connectivity index (χ1n) is 5.67. The van der Waals surface area contributed by atoms with Gasteiger partial charge in [-0.2, -0.15) is 0 Å². The standard InChI is InChI=1S/C12H18O3S/c1-3-5-6-7-9-8-10(13)11(16-9)12(14)15-4-2/h8,13H,3-7H2,1-2H3. The van der Waals surface area contributed by atoms with Crippen molar-refractivity contribution in [2.24, 2.45) is 0 Å². The van der Waals surface area contributed by atoms with E-state index in [1.807, 2.05) is 0 Å². The molecule has 0 bridgehead atoms. The highest BCUT2D eigenvalue weighted by Gasteiger charge is 2.16. The second-order valence-electron chi connectivity index (χ2n) is 3.60. The van der Waals surface area contributed by atoms with E-state index < -0.39 is 5.97 Å². The minimum absolute atomic E-state index is 0.0509. The molecule has 0 saturated carbocycles. The van der Waals surface area contributed by atoms with E-state index in [1.54, 1.807) is 13.0 Å². The fourth-order valence-corrected chi connectivity index (χ4v) is 2.43. The summed E-state index contributed by atoms with van der Waals surface area (Å²) in [6.07, 6.45) is 4.36. The first-order valence-corrected chi connectivity index (χ1v) is 6.49. The zero-order chi connectivity index (χ0) is 12.0. The van der Waals surface area contributed by atoms with Crippen molar-refractivity contribution in [2.75, 3.05) is 6.61 Å². The summed E-state index contributed by atoms with van der Waals surface area (Å²) in [5, 5.41) is 9.59. The molecule has 0 radical (unpaired) electrons. The third kappa shape index (κ3) is 3.52. The van der Waals surface area contributed by atoms with Crippen molar-refractivity contribution in [1.29, 1.82) is 0 Å². The van der Waals surface area contributed by atoms with Crippen LogP contribution < -0.4 is 0 Å². The van der Waals surface area contributed by atoms with E-state index in [-0.39, 0.29) is 5.75 Å². The number of unbranched alkanes of at least 4 members (excludes halogenated alkanes) is 2. The molecule has 3 nitrogen and oxygen atoms in total. The summed E-state index contributed by atoms with van der Waals surface area (Å²) in [6.45, 7) is 4.24. The Morgan fingerprint density at radius 3 is 2.81 bits per heavy atom. The number of esters is 1. The molecule has 0 aromatic carbocycles. The van der Waals surface area contributed by atoms with Crippen LogP contribution in [-0.4, -0.2) is 17.7 Å². The monoisotopic (exact) mass is 242 g/mol. The molecule has 0 saturated heterocycles. The van der Waals surface area contributed by atoms with Gasteiger partial charge in [0.1, 0.15) is 5.75 Å². The van der Waals surface area contributed by atoms with E-state index in [0.29, 0.717) is 11.5 Å². The lowest BCUT2D eigenvalue weighted by Crippen LogP contribution is -2.01. The summed E-state index contributed by atoms with van der Waals surface area (Å²) in [6, 6.07) is 1.67. The average molecular weight is 242 g/mol. The summed E-state index contributed by atoms with van der Waals surface area (Å²) < 4.78 is 4.86. The number of aryl methyl sites for hydroxylation is 1. The van der Waals surface area contributed by atoms with Gasteiger partial charge in [0.05, 0.1) is 6.61 Å². The van der Waals surface area contributed by atoms with E-state index in [2.05, 4.69) is 6.92 Å². The van der Waals surface area contributed by atoms with Crippen molar-refractivity contribution in [2.45, 2.75) is 39.5 Å². The maximum Gasteiger partial charge on any atom is 0.352 e. The highest BCUT2D eigenvalue weighted by Crippen LogP contribution is 2.30. The Hall–Kier alpha value is -1.03. The topological polar surface area (TPSA) is 46.5 Å². The van der Waals surface area contributed by atoms with Crippen molar-refractivity contribution < 1.29 is 14.6 Å². The fourth-order valence-electron chi connectivity index (χ4n) is 1.45. The molecule has 0 spiro atoms. The number of hydrogen-bond acceptors (Lipinski definition) is 4. The highest BCUT2D eigenvalue weighted by molar-refractivity contribution is 7.14. The number of rotatable bonds is 6. The minimum Gasteiger partial charge on any atom is -0.506 e. The van der Waals surface area contributed by atoms with E-state index in [0.717, 1.165) is 17.7 Å². The molecule has 0 unspecified atom stereocenters. The maximum atomic E-state index is 11.4. The molecule has 0 aliphatic carbocycles. The summed E-state index contributed by atoms with van der Waals surface area (Å²) >= 11 is 1.33. The van der Waals surface area contributed by atoms with Gasteiger partial charge in [-0.1, -0.05) is 19.8 Å². The molecule has 1 rings (SSSR count). The molecule has 0 amide bonds. The van der Waals surface area contributed by atoms with Crippen LogP contribution >= 0.6 is 11.3 Å². The lowest BCUT2D eigenvalue weighted by atomic mass is 10.2. The van der Waals surface area contributed by atoms with Crippen LogP contribution in [0.3, 0.4) is 0 Å². The maximum absolute atomic E-state index is 11.4. The Morgan fingerprint density at radius 2 is 2.19 bits per heavy atom. The summed E-state index contributed by atoms with van der Waals surface area (Å²) in [5.41, 5.74) is 0. The smallest absolute Gasteiger partial charge is 0.352 e. The van der Waals surface area contributed by atoms with Gasteiger partial charge < -0.3 is 9.84 Å². The Kier molecular flexibility index (Phi) is 5.32. The highest BCUT2D eigenvalue weighted by atomic mass is 32.1. The van der Waals surface area contributed by atoms with Crippen LogP contribution in [0.5, 0.6) is 5.75 Å². The Balaban J connectivity index is 2.62. The van der Waals surface area contributed by atoms with Crippen LogP contribution in [0.25, 0.3) is 0 Å². The number of ether oxygens (including phenoxy) is 1. The molecule has 0 aliphatic heterocycles. The predicted octanol–water partition coefficient (Wildman–Crippen LogP) is 3.36. The van der Waals surface area contributed by atoms with Gasteiger partial charge in [-0.05, 0) is 25.8 Å². The SMILES string of the molecule is CCCCCc1cc(O)c(C(=O)OCC)s1. The van der Waals surface area contributed by atoms with Crippen molar-refractivity contribution in [3.63, 3.8) is 0 Å². The number of carbonyl (C=O) groups excluding carboxylic acids is 1.